The average Bonchev–Trinajstić information content (AvgIpc) is 3.88. The van der Waals surface area contributed by atoms with Crippen LogP contribution in [0.4, 0.5) is 4.79 Å². The van der Waals surface area contributed by atoms with Gasteiger partial charge in [-0.15, -0.1) is 11.3 Å². The Kier molecular flexibility index (Phi) is 9.47. The number of pyridine rings is 1. The van der Waals surface area contributed by atoms with Crippen molar-refractivity contribution >= 4 is 50.1 Å². The third kappa shape index (κ3) is 6.84. The molecule has 52 heavy (non-hydrogen) atoms. The number of thiazole rings is 1. The summed E-state index contributed by atoms with van der Waals surface area (Å²) in [4.78, 5) is 54.7. The molecule has 7 rings (SSSR count). The lowest BCUT2D eigenvalue weighted by atomic mass is 10.1. The zero-order chi connectivity index (χ0) is 37.0. The van der Waals surface area contributed by atoms with E-state index in [1.54, 1.807) is 37.3 Å². The number of carbonyl (C=O) groups is 3. The van der Waals surface area contributed by atoms with Crippen molar-refractivity contribution in [1.29, 1.82) is 0 Å². The quantitative estimate of drug-likeness (QED) is 0.303. The molecule has 2 aliphatic carbocycles. The monoisotopic (exact) mass is 750 g/mol. The number of methoxy groups -OCH3 is 1. The number of hydrogen-bond donors (Lipinski definition) is 2. The minimum Gasteiger partial charge on any atom is -0.497 e. The second-order valence-electron chi connectivity index (χ2n) is 15.0. The van der Waals surface area contributed by atoms with E-state index in [-0.39, 0.29) is 37.1 Å². The number of rotatable bonds is 8. The van der Waals surface area contributed by atoms with Crippen LogP contribution in [0.25, 0.3) is 22.3 Å². The van der Waals surface area contributed by atoms with Gasteiger partial charge >= 0.3 is 6.03 Å². The van der Waals surface area contributed by atoms with Crippen molar-refractivity contribution in [2.75, 3.05) is 27.2 Å². The molecule has 13 nitrogen and oxygen atoms in total. The van der Waals surface area contributed by atoms with Crippen molar-refractivity contribution in [3.05, 3.63) is 46.8 Å². The number of sulfonamides is 1. The van der Waals surface area contributed by atoms with Gasteiger partial charge in [-0.2, -0.15) is 0 Å². The van der Waals surface area contributed by atoms with Crippen LogP contribution in [0.5, 0.6) is 11.5 Å². The zero-order valence-electron chi connectivity index (χ0n) is 30.2. The normalized spacial score (nSPS) is 26.6. The average molecular weight is 751 g/mol. The first-order chi connectivity index (χ1) is 24.7. The van der Waals surface area contributed by atoms with Crippen molar-refractivity contribution in [3.63, 3.8) is 0 Å². The second-order valence-corrected chi connectivity index (χ2v) is 18.1. The molecule has 2 aromatic heterocycles. The van der Waals surface area contributed by atoms with Crippen molar-refractivity contribution in [1.82, 2.24) is 29.8 Å². The van der Waals surface area contributed by atoms with E-state index in [0.717, 1.165) is 35.4 Å². The number of hydrogen-bond acceptors (Lipinski definition) is 10. The minimum absolute atomic E-state index is 0.0636. The minimum atomic E-state index is -3.94. The van der Waals surface area contributed by atoms with Crippen LogP contribution < -0.4 is 19.5 Å². The maximum Gasteiger partial charge on any atom is 0.319 e. The summed E-state index contributed by atoms with van der Waals surface area (Å²) in [5.41, 5.74) is 0.538. The first kappa shape index (κ1) is 36.1. The summed E-state index contributed by atoms with van der Waals surface area (Å²) in [6, 6.07) is 5.89. The molecular formula is C37H46N6O7S2. The fraction of sp³-hybridized carbons (Fsp3) is 0.541. The number of benzene rings is 1. The van der Waals surface area contributed by atoms with Crippen molar-refractivity contribution in [2.45, 2.75) is 94.1 Å². The van der Waals surface area contributed by atoms with Crippen LogP contribution in [0.3, 0.4) is 0 Å². The largest absolute Gasteiger partial charge is 0.497 e. The van der Waals surface area contributed by atoms with Crippen LogP contribution in [-0.4, -0.2) is 95.7 Å². The molecule has 4 atom stereocenters. The van der Waals surface area contributed by atoms with E-state index in [4.69, 9.17) is 19.4 Å². The molecule has 278 valence electrons. The van der Waals surface area contributed by atoms with Gasteiger partial charge in [0.2, 0.25) is 15.9 Å². The summed E-state index contributed by atoms with van der Waals surface area (Å²) in [7, 11) is -0.610. The van der Waals surface area contributed by atoms with E-state index in [0.29, 0.717) is 42.1 Å². The number of ether oxygens (including phenoxy) is 2. The summed E-state index contributed by atoms with van der Waals surface area (Å²) in [5.74, 6) is 0.0646. The highest BCUT2D eigenvalue weighted by Gasteiger charge is 2.63. The fourth-order valence-corrected chi connectivity index (χ4v) is 9.13. The van der Waals surface area contributed by atoms with Crippen LogP contribution in [0.2, 0.25) is 0 Å². The Morgan fingerprint density at radius 3 is 2.63 bits per heavy atom. The summed E-state index contributed by atoms with van der Waals surface area (Å²) < 4.78 is 39.6. The lowest BCUT2D eigenvalue weighted by molar-refractivity contribution is -0.134. The summed E-state index contributed by atoms with van der Waals surface area (Å²) in [5, 5.41) is 6.59. The Balaban J connectivity index is 1.19. The predicted octanol–water partition coefficient (Wildman–Crippen LogP) is 4.98. The molecule has 0 spiro atoms. The highest BCUT2D eigenvalue weighted by atomic mass is 32.2. The highest BCUT2D eigenvalue weighted by molar-refractivity contribution is 7.91. The maximum absolute atomic E-state index is 14.2. The number of carbonyl (C=O) groups excluding carboxylic acids is 3. The molecule has 15 heteroatoms. The Hall–Kier alpha value is -4.24. The Morgan fingerprint density at radius 1 is 1.13 bits per heavy atom. The maximum atomic E-state index is 14.2. The third-order valence-corrected chi connectivity index (χ3v) is 14.1. The Morgan fingerprint density at radius 2 is 1.92 bits per heavy atom. The molecule has 1 aromatic carbocycles. The van der Waals surface area contributed by atoms with Crippen LogP contribution in [0.15, 0.2) is 41.8 Å². The van der Waals surface area contributed by atoms with Crippen LogP contribution >= 0.6 is 11.3 Å². The van der Waals surface area contributed by atoms with Gasteiger partial charge in [-0.1, -0.05) is 26.0 Å². The number of nitrogens with zero attached hydrogens (tertiary/aromatic N) is 4. The molecule has 4 amide bonds. The van der Waals surface area contributed by atoms with Gasteiger partial charge < -0.3 is 24.6 Å². The first-order valence-electron chi connectivity index (χ1n) is 17.9. The molecule has 2 aliphatic heterocycles. The van der Waals surface area contributed by atoms with E-state index >= 15 is 0 Å². The topological polar surface area (TPSA) is 160 Å². The molecule has 3 aromatic rings. The van der Waals surface area contributed by atoms with Gasteiger partial charge in [-0.25, -0.2) is 23.2 Å². The van der Waals surface area contributed by atoms with E-state index < -0.39 is 44.4 Å². The summed E-state index contributed by atoms with van der Waals surface area (Å²) in [6.45, 7) is 6.38. The number of aromatic nitrogens is 2. The number of fused-ring (bicyclic) bond motifs is 3. The molecule has 2 saturated carbocycles. The molecule has 2 N–H and O–H groups in total. The van der Waals surface area contributed by atoms with Crippen LogP contribution in [-0.2, 0) is 19.6 Å². The lowest BCUT2D eigenvalue weighted by Crippen LogP contribution is -2.58. The Bertz CT molecular complexity index is 2040. The van der Waals surface area contributed by atoms with Gasteiger partial charge in [0.15, 0.2) is 0 Å². The number of nitrogens with one attached hydrogen (secondary N) is 2. The van der Waals surface area contributed by atoms with E-state index in [1.807, 2.05) is 41.8 Å². The zero-order valence-corrected chi connectivity index (χ0v) is 31.8. The fourth-order valence-electron chi connectivity index (χ4n) is 6.99. The molecular weight excluding hydrogens is 705 g/mol. The van der Waals surface area contributed by atoms with E-state index in [9.17, 15) is 22.8 Å². The second kappa shape index (κ2) is 13.6. The summed E-state index contributed by atoms with van der Waals surface area (Å²) in [6.07, 6.45) is 7.02. The van der Waals surface area contributed by atoms with Gasteiger partial charge in [0.1, 0.15) is 29.2 Å². The van der Waals surface area contributed by atoms with Gasteiger partial charge in [-0.3, -0.25) is 14.3 Å². The molecule has 0 unspecified atom stereocenters. The predicted molar refractivity (Wildman–Crippen MR) is 198 cm³/mol. The molecule has 4 aliphatic rings. The molecule has 1 saturated heterocycles. The van der Waals surface area contributed by atoms with Crippen LogP contribution in [0.1, 0.15) is 76.6 Å². The van der Waals surface area contributed by atoms with Gasteiger partial charge in [0.05, 0.1) is 40.3 Å². The third-order valence-electron chi connectivity index (χ3n) is 10.8. The van der Waals surface area contributed by atoms with Gasteiger partial charge in [0.25, 0.3) is 5.91 Å². The smallest absolute Gasteiger partial charge is 0.319 e. The van der Waals surface area contributed by atoms with E-state index in [2.05, 4.69) is 23.9 Å². The molecule has 0 bridgehead atoms. The van der Waals surface area contributed by atoms with Crippen molar-refractivity contribution in [2.24, 2.45) is 5.92 Å². The molecule has 0 radical (unpaired) electrons. The Labute approximate surface area is 308 Å². The van der Waals surface area contributed by atoms with Crippen molar-refractivity contribution in [3.8, 4) is 22.9 Å². The molecule has 3 fully saturated rings. The van der Waals surface area contributed by atoms with Crippen molar-refractivity contribution < 1.29 is 32.3 Å². The number of urea groups is 1. The van der Waals surface area contributed by atoms with Gasteiger partial charge in [0, 0.05) is 54.7 Å². The SMILES string of the molecule is COc1ccc2c(O[C@H]3C[C@H]4C(=O)N(C)CCCC/C=C\[C@@H]5C[C@@]5(C(=O)NS(=O)(=O)C5(C)CC5)NC(=O)N4C3)cc(-c3csc(C(C)C)n3)nc2c1. The standard InChI is InChI=1S/C37H46N6O7S2/c1-22(2)32-39-29(21-51-32)28-18-31(26-12-11-24(49-5)16-27(26)38-28)50-25-17-30-33(44)42(4)15-9-7-6-8-10-23-19-37(23,40-35(46)43(30)20-25)34(45)41-52(47,48)36(3)13-14-36/h8,10-12,16,18,21-23,25,30H,6-7,9,13-15,17,19-20H2,1-5H3,(H,40,46)(H,41,45)/b10-8-/t23-,25+,30+,37-/m1/s1. The van der Waals surface area contributed by atoms with E-state index in [1.165, 1.54) is 4.90 Å². The van der Waals surface area contributed by atoms with Crippen LogP contribution in [0, 0.1) is 5.92 Å². The lowest BCUT2D eigenvalue weighted by Gasteiger charge is -2.30. The number of allylic oxidation sites excluding steroid dienone is 1. The first-order valence-corrected chi connectivity index (χ1v) is 20.3. The summed E-state index contributed by atoms with van der Waals surface area (Å²) >= 11 is 1.57. The number of amides is 4. The molecule has 4 heterocycles. The van der Waals surface area contributed by atoms with Gasteiger partial charge in [-0.05, 0) is 57.6 Å². The number of likely N-dealkylation sites (N-methyl/N-ethyl adjacent to an activating group) is 1. The highest BCUT2D eigenvalue weighted by Crippen LogP contribution is 2.47.